The van der Waals surface area contributed by atoms with Gasteiger partial charge in [0.25, 0.3) is 0 Å². The lowest BCUT2D eigenvalue weighted by Crippen LogP contribution is -1.91. The first-order valence-corrected chi connectivity index (χ1v) is 9.77. The van der Waals surface area contributed by atoms with Crippen molar-refractivity contribution in [2.75, 3.05) is 6.61 Å². The van der Waals surface area contributed by atoms with Gasteiger partial charge >= 0.3 is 0 Å². The van der Waals surface area contributed by atoms with E-state index in [2.05, 4.69) is 42.2 Å². The Kier molecular flexibility index (Phi) is 4.99. The molecule has 27 heavy (non-hydrogen) atoms. The Balaban J connectivity index is 1.51. The lowest BCUT2D eigenvalue weighted by molar-refractivity contribution is 0.340. The van der Waals surface area contributed by atoms with Crippen LogP contribution in [-0.2, 0) is 0 Å². The number of rotatable bonds is 5. The summed E-state index contributed by atoms with van der Waals surface area (Å²) in [5, 5.41) is 1.04. The van der Waals surface area contributed by atoms with Crippen molar-refractivity contribution in [3.8, 4) is 16.3 Å². The number of fused-ring (bicyclic) bond motifs is 1. The van der Waals surface area contributed by atoms with Crippen molar-refractivity contribution in [1.82, 2.24) is 4.98 Å². The molecule has 0 N–H and O–H groups in total. The summed E-state index contributed by atoms with van der Waals surface area (Å²) in [7, 11) is 0. The first-order chi connectivity index (χ1) is 13.2. The quantitative estimate of drug-likeness (QED) is 0.379. The minimum absolute atomic E-state index is 0.675. The van der Waals surface area contributed by atoms with Crippen molar-refractivity contribution in [1.29, 1.82) is 0 Å². The standard InChI is InChI=1S/C23H20N2OS/c1-3-26-20-11-5-17(6-12-20)15-24-19-9-7-18(8-10-19)23-25-21-13-4-16(2)14-22(21)27-23/h4-15H,3H2,1-2H3. The zero-order chi connectivity index (χ0) is 18.6. The van der Waals surface area contributed by atoms with E-state index in [1.807, 2.05) is 49.5 Å². The topological polar surface area (TPSA) is 34.5 Å². The number of thiazole rings is 1. The highest BCUT2D eigenvalue weighted by Crippen LogP contribution is 2.31. The van der Waals surface area contributed by atoms with Crippen LogP contribution in [0.4, 0.5) is 5.69 Å². The second-order valence-electron chi connectivity index (χ2n) is 6.30. The van der Waals surface area contributed by atoms with Crippen molar-refractivity contribution in [2.24, 2.45) is 4.99 Å². The first kappa shape index (κ1) is 17.4. The normalized spacial score (nSPS) is 11.3. The van der Waals surface area contributed by atoms with Crippen molar-refractivity contribution in [3.63, 3.8) is 0 Å². The molecule has 0 fully saturated rings. The Labute approximate surface area is 163 Å². The third kappa shape index (κ3) is 4.07. The van der Waals surface area contributed by atoms with E-state index in [0.717, 1.165) is 33.1 Å². The number of hydrogen-bond donors (Lipinski definition) is 0. The van der Waals surface area contributed by atoms with Crippen LogP contribution in [0.15, 0.2) is 71.7 Å². The fourth-order valence-corrected chi connectivity index (χ4v) is 3.88. The summed E-state index contributed by atoms with van der Waals surface area (Å²) in [5.74, 6) is 0.880. The lowest BCUT2D eigenvalue weighted by Gasteiger charge is -2.02. The summed E-state index contributed by atoms with van der Waals surface area (Å²) < 4.78 is 6.68. The average molecular weight is 372 g/mol. The van der Waals surface area contributed by atoms with E-state index < -0.39 is 0 Å². The van der Waals surface area contributed by atoms with E-state index >= 15 is 0 Å². The van der Waals surface area contributed by atoms with Gasteiger partial charge < -0.3 is 4.74 Å². The van der Waals surface area contributed by atoms with Gasteiger partial charge in [0, 0.05) is 11.8 Å². The molecule has 0 unspecified atom stereocenters. The maximum absolute atomic E-state index is 5.46. The summed E-state index contributed by atoms with van der Waals surface area (Å²) in [5.41, 5.74) is 5.40. The van der Waals surface area contributed by atoms with Crippen LogP contribution in [0.1, 0.15) is 18.1 Å². The zero-order valence-corrected chi connectivity index (χ0v) is 16.2. The Bertz CT molecular complexity index is 1080. The Hall–Kier alpha value is -2.98. The molecular formula is C23H20N2OS. The Morgan fingerprint density at radius 3 is 2.52 bits per heavy atom. The van der Waals surface area contributed by atoms with Crippen LogP contribution in [0, 0.1) is 6.92 Å². The molecule has 0 saturated carbocycles. The Morgan fingerprint density at radius 1 is 1.00 bits per heavy atom. The van der Waals surface area contributed by atoms with E-state index in [1.165, 1.54) is 10.3 Å². The fourth-order valence-electron chi connectivity index (χ4n) is 2.81. The van der Waals surface area contributed by atoms with Crippen molar-refractivity contribution >= 4 is 33.5 Å². The van der Waals surface area contributed by atoms with Crippen molar-refractivity contribution < 1.29 is 4.74 Å². The van der Waals surface area contributed by atoms with Crippen LogP contribution >= 0.6 is 11.3 Å². The molecule has 0 aliphatic rings. The predicted molar refractivity (Wildman–Crippen MR) is 115 cm³/mol. The van der Waals surface area contributed by atoms with Gasteiger partial charge in [-0.2, -0.15) is 0 Å². The monoisotopic (exact) mass is 372 g/mol. The molecule has 4 aromatic rings. The van der Waals surface area contributed by atoms with Crippen LogP contribution in [-0.4, -0.2) is 17.8 Å². The number of benzene rings is 3. The number of ether oxygens (including phenoxy) is 1. The summed E-state index contributed by atoms with van der Waals surface area (Å²) in [4.78, 5) is 9.30. The fraction of sp³-hybridized carbons (Fsp3) is 0.130. The molecule has 0 aliphatic carbocycles. The minimum Gasteiger partial charge on any atom is -0.494 e. The number of aliphatic imine (C=N–C) groups is 1. The highest BCUT2D eigenvalue weighted by atomic mass is 32.1. The number of aryl methyl sites for hydroxylation is 1. The molecular weight excluding hydrogens is 352 g/mol. The number of hydrogen-bond acceptors (Lipinski definition) is 4. The average Bonchev–Trinajstić information content (AvgIpc) is 3.11. The summed E-state index contributed by atoms with van der Waals surface area (Å²) >= 11 is 1.72. The molecule has 1 heterocycles. The van der Waals surface area contributed by atoms with E-state index in [4.69, 9.17) is 9.72 Å². The van der Waals surface area contributed by atoms with E-state index in [0.29, 0.717) is 6.61 Å². The van der Waals surface area contributed by atoms with Crippen molar-refractivity contribution in [3.05, 3.63) is 77.9 Å². The smallest absolute Gasteiger partial charge is 0.124 e. The molecule has 0 aliphatic heterocycles. The van der Waals surface area contributed by atoms with Crippen LogP contribution in [0.5, 0.6) is 5.75 Å². The van der Waals surface area contributed by atoms with Crippen LogP contribution in [0.2, 0.25) is 0 Å². The SMILES string of the molecule is CCOc1ccc(C=Nc2ccc(-c3nc4ccc(C)cc4s3)cc2)cc1. The van der Waals surface area contributed by atoms with Crippen LogP contribution in [0.25, 0.3) is 20.8 Å². The van der Waals surface area contributed by atoms with Crippen molar-refractivity contribution in [2.45, 2.75) is 13.8 Å². The zero-order valence-electron chi connectivity index (χ0n) is 15.3. The summed E-state index contributed by atoms with van der Waals surface area (Å²) in [6.45, 7) is 4.76. The van der Waals surface area contributed by atoms with E-state index in [-0.39, 0.29) is 0 Å². The largest absolute Gasteiger partial charge is 0.494 e. The lowest BCUT2D eigenvalue weighted by atomic mass is 10.2. The molecule has 134 valence electrons. The van der Waals surface area contributed by atoms with Crippen LogP contribution < -0.4 is 4.74 Å². The predicted octanol–water partition coefficient (Wildman–Crippen LogP) is 6.42. The molecule has 4 rings (SSSR count). The molecule has 4 heteroatoms. The van der Waals surface area contributed by atoms with Gasteiger partial charge in [-0.25, -0.2) is 4.98 Å². The second-order valence-corrected chi connectivity index (χ2v) is 7.33. The van der Waals surface area contributed by atoms with Gasteiger partial charge in [0.2, 0.25) is 0 Å². The maximum Gasteiger partial charge on any atom is 0.124 e. The molecule has 0 spiro atoms. The molecule has 0 amide bonds. The maximum atomic E-state index is 5.46. The first-order valence-electron chi connectivity index (χ1n) is 8.96. The molecule has 0 saturated heterocycles. The summed E-state index contributed by atoms with van der Waals surface area (Å²) in [6, 6.07) is 22.5. The summed E-state index contributed by atoms with van der Waals surface area (Å²) in [6.07, 6.45) is 1.87. The minimum atomic E-state index is 0.675. The van der Waals surface area contributed by atoms with E-state index in [1.54, 1.807) is 11.3 Å². The Morgan fingerprint density at radius 2 is 1.78 bits per heavy atom. The molecule has 0 radical (unpaired) electrons. The van der Waals surface area contributed by atoms with Gasteiger partial charge in [0.05, 0.1) is 22.5 Å². The van der Waals surface area contributed by atoms with Gasteiger partial charge in [-0.3, -0.25) is 4.99 Å². The molecule has 0 bridgehead atoms. The molecule has 0 atom stereocenters. The van der Waals surface area contributed by atoms with Gasteiger partial charge in [0.1, 0.15) is 10.8 Å². The molecule has 1 aromatic heterocycles. The van der Waals surface area contributed by atoms with Crippen LogP contribution in [0.3, 0.4) is 0 Å². The molecule has 3 nitrogen and oxygen atoms in total. The van der Waals surface area contributed by atoms with Gasteiger partial charge in [-0.1, -0.05) is 6.07 Å². The molecule has 3 aromatic carbocycles. The highest BCUT2D eigenvalue weighted by Gasteiger charge is 2.06. The van der Waals surface area contributed by atoms with Gasteiger partial charge in [0.15, 0.2) is 0 Å². The third-order valence-corrected chi connectivity index (χ3v) is 5.28. The number of aromatic nitrogens is 1. The van der Waals surface area contributed by atoms with E-state index in [9.17, 15) is 0 Å². The second kappa shape index (κ2) is 7.72. The van der Waals surface area contributed by atoms with Gasteiger partial charge in [-0.05, 0) is 85.6 Å². The number of nitrogens with zero attached hydrogens (tertiary/aromatic N) is 2. The third-order valence-electron chi connectivity index (χ3n) is 4.21. The highest BCUT2D eigenvalue weighted by molar-refractivity contribution is 7.21. The van der Waals surface area contributed by atoms with Gasteiger partial charge in [-0.15, -0.1) is 11.3 Å².